The molecule has 1 N–H and O–H groups in total. The highest BCUT2D eigenvalue weighted by atomic mass is 35.5. The van der Waals surface area contributed by atoms with Gasteiger partial charge in [-0.2, -0.15) is 0 Å². The summed E-state index contributed by atoms with van der Waals surface area (Å²) in [5.41, 5.74) is 0. The summed E-state index contributed by atoms with van der Waals surface area (Å²) in [6.07, 6.45) is 3.47. The van der Waals surface area contributed by atoms with Gasteiger partial charge in [0.1, 0.15) is 0 Å². The highest BCUT2D eigenvalue weighted by Gasteiger charge is 2.13. The van der Waals surface area contributed by atoms with Crippen LogP contribution in [0.2, 0.25) is 5.02 Å². The summed E-state index contributed by atoms with van der Waals surface area (Å²) in [4.78, 5) is 1.32. The van der Waals surface area contributed by atoms with Crippen molar-refractivity contribution in [3.8, 4) is 0 Å². The van der Waals surface area contributed by atoms with Crippen LogP contribution in [0.5, 0.6) is 0 Å². The van der Waals surface area contributed by atoms with Crippen LogP contribution in [-0.4, -0.2) is 12.6 Å². The van der Waals surface area contributed by atoms with Gasteiger partial charge in [0.2, 0.25) is 0 Å². The third-order valence-corrected chi connectivity index (χ3v) is 4.28. The largest absolute Gasteiger partial charge is 0.314 e. The first-order valence-electron chi connectivity index (χ1n) is 6.10. The Hall–Kier alpha value is -0.0500. The van der Waals surface area contributed by atoms with Gasteiger partial charge in [-0.25, -0.2) is 0 Å². The van der Waals surface area contributed by atoms with E-state index in [0.717, 1.165) is 18.0 Å². The molecule has 0 saturated carbocycles. The van der Waals surface area contributed by atoms with Crippen molar-refractivity contribution < 1.29 is 0 Å². The number of rotatable bonds is 7. The Morgan fingerprint density at radius 2 is 2.19 bits per heavy atom. The molecule has 92 valence electrons. The van der Waals surface area contributed by atoms with E-state index in [1.165, 1.54) is 17.7 Å². The Morgan fingerprint density at radius 1 is 1.44 bits per heavy atom. The van der Waals surface area contributed by atoms with Gasteiger partial charge in [-0.05, 0) is 43.2 Å². The van der Waals surface area contributed by atoms with Gasteiger partial charge in [0, 0.05) is 10.9 Å². The van der Waals surface area contributed by atoms with Crippen LogP contribution in [0.15, 0.2) is 11.4 Å². The molecular formula is C13H22ClNS. The Bertz CT molecular complexity index is 296. The summed E-state index contributed by atoms with van der Waals surface area (Å²) >= 11 is 7.86. The predicted octanol–water partition coefficient (Wildman–Crippen LogP) is 4.36. The van der Waals surface area contributed by atoms with Gasteiger partial charge in [-0.15, -0.1) is 11.3 Å². The van der Waals surface area contributed by atoms with Crippen molar-refractivity contribution in [1.29, 1.82) is 0 Å². The molecule has 1 atom stereocenters. The van der Waals surface area contributed by atoms with Crippen molar-refractivity contribution in [3.63, 3.8) is 0 Å². The van der Waals surface area contributed by atoms with E-state index in [1.807, 2.05) is 6.07 Å². The molecule has 16 heavy (non-hydrogen) atoms. The van der Waals surface area contributed by atoms with Gasteiger partial charge in [-0.3, -0.25) is 0 Å². The second-order valence-corrected chi connectivity index (χ2v) is 5.94. The molecule has 1 nitrogen and oxygen atoms in total. The van der Waals surface area contributed by atoms with Crippen LogP contribution in [0.25, 0.3) is 0 Å². The minimum atomic E-state index is 0.609. The molecule has 0 bridgehead atoms. The number of aryl methyl sites for hydroxylation is 1. The lowest BCUT2D eigenvalue weighted by Gasteiger charge is -2.22. The molecule has 0 aliphatic carbocycles. The summed E-state index contributed by atoms with van der Waals surface area (Å²) < 4.78 is 0. The van der Waals surface area contributed by atoms with Gasteiger partial charge in [0.15, 0.2) is 0 Å². The van der Waals surface area contributed by atoms with Crippen molar-refractivity contribution in [1.82, 2.24) is 5.32 Å². The first-order chi connectivity index (χ1) is 7.65. The van der Waals surface area contributed by atoms with Gasteiger partial charge in [0.05, 0.1) is 5.02 Å². The fourth-order valence-electron chi connectivity index (χ4n) is 1.79. The van der Waals surface area contributed by atoms with Gasteiger partial charge in [0.25, 0.3) is 0 Å². The normalized spacial score (nSPS) is 13.3. The van der Waals surface area contributed by atoms with Crippen LogP contribution in [-0.2, 0) is 6.42 Å². The van der Waals surface area contributed by atoms with Crippen LogP contribution < -0.4 is 5.32 Å². The van der Waals surface area contributed by atoms with E-state index in [0.29, 0.717) is 12.0 Å². The molecule has 0 aliphatic rings. The van der Waals surface area contributed by atoms with Gasteiger partial charge < -0.3 is 5.32 Å². The lowest BCUT2D eigenvalue weighted by molar-refractivity contribution is 0.379. The summed E-state index contributed by atoms with van der Waals surface area (Å²) in [5, 5.41) is 6.62. The summed E-state index contributed by atoms with van der Waals surface area (Å²) in [6.45, 7) is 7.88. The zero-order chi connectivity index (χ0) is 12.0. The van der Waals surface area contributed by atoms with Crippen molar-refractivity contribution in [2.24, 2.45) is 5.92 Å². The molecule has 0 saturated heterocycles. The van der Waals surface area contributed by atoms with Crippen LogP contribution >= 0.6 is 22.9 Å². The first-order valence-corrected chi connectivity index (χ1v) is 7.36. The molecule has 1 aromatic rings. The van der Waals surface area contributed by atoms with Crippen molar-refractivity contribution in [3.05, 3.63) is 21.3 Å². The van der Waals surface area contributed by atoms with Crippen LogP contribution in [0.4, 0.5) is 0 Å². The number of hydrogen-bond donors (Lipinski definition) is 1. The van der Waals surface area contributed by atoms with Crippen LogP contribution in [0.3, 0.4) is 0 Å². The Balaban J connectivity index is 2.40. The summed E-state index contributed by atoms with van der Waals surface area (Å²) in [5.74, 6) is 0.685. The monoisotopic (exact) mass is 259 g/mol. The van der Waals surface area contributed by atoms with Crippen molar-refractivity contribution in [2.45, 2.75) is 46.1 Å². The molecule has 1 heterocycles. The third-order valence-electron chi connectivity index (χ3n) is 2.83. The van der Waals surface area contributed by atoms with Crippen LogP contribution in [0.1, 0.15) is 38.5 Å². The number of thiophene rings is 1. The molecular weight excluding hydrogens is 238 g/mol. The standard InChI is InChI=1S/C13H22ClNS/c1-4-8-15-12(10(2)3)5-6-13-11(14)7-9-16-13/h7,9-10,12,15H,4-6,8H2,1-3H3. The molecule has 3 heteroatoms. The third kappa shape index (κ3) is 4.44. The van der Waals surface area contributed by atoms with Gasteiger partial charge in [-0.1, -0.05) is 32.4 Å². The molecule has 1 rings (SSSR count). The Labute approximate surface area is 108 Å². The molecule has 1 unspecified atom stereocenters. The average Bonchev–Trinajstić information content (AvgIpc) is 2.64. The van der Waals surface area contributed by atoms with Crippen molar-refractivity contribution in [2.75, 3.05) is 6.54 Å². The zero-order valence-corrected chi connectivity index (χ0v) is 12.0. The molecule has 0 aromatic carbocycles. The number of halogens is 1. The number of nitrogens with one attached hydrogen (secondary N) is 1. The lowest BCUT2D eigenvalue weighted by atomic mass is 9.98. The molecule has 0 fully saturated rings. The van der Waals surface area contributed by atoms with E-state index in [1.54, 1.807) is 11.3 Å². The van der Waals surface area contributed by atoms with Crippen molar-refractivity contribution >= 4 is 22.9 Å². The van der Waals surface area contributed by atoms with E-state index < -0.39 is 0 Å². The maximum Gasteiger partial charge on any atom is 0.0544 e. The molecule has 1 aromatic heterocycles. The lowest BCUT2D eigenvalue weighted by Crippen LogP contribution is -2.34. The highest BCUT2D eigenvalue weighted by Crippen LogP contribution is 2.24. The van der Waals surface area contributed by atoms with Gasteiger partial charge >= 0.3 is 0 Å². The molecule has 0 aliphatic heterocycles. The average molecular weight is 260 g/mol. The molecule has 0 spiro atoms. The smallest absolute Gasteiger partial charge is 0.0544 e. The highest BCUT2D eigenvalue weighted by molar-refractivity contribution is 7.10. The fourth-order valence-corrected chi connectivity index (χ4v) is 2.94. The number of hydrogen-bond acceptors (Lipinski definition) is 2. The second-order valence-electron chi connectivity index (χ2n) is 4.54. The maximum atomic E-state index is 6.10. The topological polar surface area (TPSA) is 12.0 Å². The van der Waals surface area contributed by atoms with E-state index in [4.69, 9.17) is 11.6 Å². The minimum absolute atomic E-state index is 0.609. The summed E-state index contributed by atoms with van der Waals surface area (Å²) in [6, 6.07) is 2.60. The second kappa shape index (κ2) is 7.31. The van der Waals surface area contributed by atoms with E-state index >= 15 is 0 Å². The maximum absolute atomic E-state index is 6.10. The quantitative estimate of drug-likeness (QED) is 0.767. The van der Waals surface area contributed by atoms with E-state index in [-0.39, 0.29) is 0 Å². The molecule has 0 amide bonds. The minimum Gasteiger partial charge on any atom is -0.314 e. The molecule has 0 radical (unpaired) electrons. The zero-order valence-electron chi connectivity index (χ0n) is 10.4. The fraction of sp³-hybridized carbons (Fsp3) is 0.692. The van der Waals surface area contributed by atoms with Crippen LogP contribution in [0, 0.1) is 5.92 Å². The first kappa shape index (κ1) is 14.0. The van der Waals surface area contributed by atoms with E-state index in [2.05, 4.69) is 31.5 Å². The predicted molar refractivity (Wildman–Crippen MR) is 74.6 cm³/mol. The van der Waals surface area contributed by atoms with E-state index in [9.17, 15) is 0 Å². The SMILES string of the molecule is CCCNC(CCc1sccc1Cl)C(C)C. The Morgan fingerprint density at radius 3 is 2.69 bits per heavy atom. The summed E-state index contributed by atoms with van der Waals surface area (Å²) in [7, 11) is 0. The Kier molecular flexibility index (Phi) is 6.40.